The lowest BCUT2D eigenvalue weighted by atomic mass is 10.2. The second kappa shape index (κ2) is 9.19. The Morgan fingerprint density at radius 2 is 1.87 bits per heavy atom. The number of piperazine rings is 1. The number of carbonyl (C=O) groups excluding carboxylic acids is 1. The van der Waals surface area contributed by atoms with Gasteiger partial charge in [0.2, 0.25) is 0 Å². The Hall–Kier alpha value is -3.03. The minimum Gasteiger partial charge on any atom is -0.457 e. The maximum Gasteiger partial charge on any atom is 0.323 e. The third-order valence-corrected chi connectivity index (χ3v) is 5.13. The van der Waals surface area contributed by atoms with Crippen LogP contribution in [0.4, 0.5) is 10.6 Å². The van der Waals surface area contributed by atoms with E-state index >= 15 is 0 Å². The normalized spacial score (nSPS) is 14.5. The molecule has 2 heterocycles. The van der Waals surface area contributed by atoms with Crippen molar-refractivity contribution in [3.63, 3.8) is 0 Å². The molecule has 2 aromatic carbocycles. The van der Waals surface area contributed by atoms with Crippen molar-refractivity contribution in [2.45, 2.75) is 13.5 Å². The zero-order valence-corrected chi connectivity index (χ0v) is 17.4. The molecule has 8 heteroatoms. The summed E-state index contributed by atoms with van der Waals surface area (Å²) >= 11 is 5.92. The number of benzene rings is 2. The fourth-order valence-electron chi connectivity index (χ4n) is 3.33. The highest BCUT2D eigenvalue weighted by Crippen LogP contribution is 2.24. The van der Waals surface area contributed by atoms with Crippen molar-refractivity contribution in [2.24, 2.45) is 0 Å². The Morgan fingerprint density at radius 1 is 1.10 bits per heavy atom. The summed E-state index contributed by atoms with van der Waals surface area (Å²) in [5.74, 6) is 2.64. The monoisotopic (exact) mass is 426 g/mol. The lowest BCUT2D eigenvalue weighted by Crippen LogP contribution is -2.49. The van der Waals surface area contributed by atoms with Gasteiger partial charge < -0.3 is 14.2 Å². The van der Waals surface area contributed by atoms with Crippen LogP contribution in [-0.2, 0) is 6.54 Å². The number of amides is 2. The number of hydrogen-bond donors (Lipinski definition) is 1. The first kappa shape index (κ1) is 20.3. The summed E-state index contributed by atoms with van der Waals surface area (Å²) in [5, 5.41) is 7.25. The third kappa shape index (κ3) is 5.31. The van der Waals surface area contributed by atoms with Gasteiger partial charge in [-0.15, -0.1) is 0 Å². The van der Waals surface area contributed by atoms with Crippen molar-refractivity contribution in [1.82, 2.24) is 15.0 Å². The maximum absolute atomic E-state index is 12.4. The molecule has 1 aliphatic heterocycles. The van der Waals surface area contributed by atoms with E-state index in [1.807, 2.05) is 30.3 Å². The first-order chi connectivity index (χ1) is 14.5. The molecular formula is C22H23ClN4O3. The van der Waals surface area contributed by atoms with E-state index in [9.17, 15) is 4.79 Å². The minimum atomic E-state index is -0.152. The van der Waals surface area contributed by atoms with Crippen LogP contribution in [0.3, 0.4) is 0 Å². The second-order valence-electron chi connectivity index (χ2n) is 7.22. The molecule has 7 nitrogen and oxygen atoms in total. The van der Waals surface area contributed by atoms with E-state index in [2.05, 4.69) is 21.4 Å². The topological polar surface area (TPSA) is 70.8 Å². The molecule has 1 fully saturated rings. The van der Waals surface area contributed by atoms with E-state index in [1.165, 1.54) is 0 Å². The highest BCUT2D eigenvalue weighted by atomic mass is 35.5. The highest BCUT2D eigenvalue weighted by Gasteiger charge is 2.22. The van der Waals surface area contributed by atoms with E-state index in [0.717, 1.165) is 36.7 Å². The molecule has 4 rings (SSSR count). The van der Waals surface area contributed by atoms with Crippen molar-refractivity contribution in [1.29, 1.82) is 0 Å². The fourth-order valence-corrected chi connectivity index (χ4v) is 3.45. The molecule has 0 spiro atoms. The Labute approximate surface area is 180 Å². The van der Waals surface area contributed by atoms with Gasteiger partial charge in [-0.3, -0.25) is 10.2 Å². The summed E-state index contributed by atoms with van der Waals surface area (Å²) < 4.78 is 10.9. The third-order valence-electron chi connectivity index (χ3n) is 4.88. The van der Waals surface area contributed by atoms with E-state index in [1.54, 1.807) is 30.0 Å². The van der Waals surface area contributed by atoms with Gasteiger partial charge in [0, 0.05) is 43.8 Å². The Bertz CT molecular complexity index is 998. The van der Waals surface area contributed by atoms with Crippen LogP contribution in [0.15, 0.2) is 59.1 Å². The number of halogens is 1. The van der Waals surface area contributed by atoms with Gasteiger partial charge in [-0.25, -0.2) is 4.79 Å². The van der Waals surface area contributed by atoms with Gasteiger partial charge in [-0.05, 0) is 48.9 Å². The largest absolute Gasteiger partial charge is 0.457 e. The van der Waals surface area contributed by atoms with Crippen LogP contribution in [0.25, 0.3) is 0 Å². The second-order valence-corrected chi connectivity index (χ2v) is 7.66. The van der Waals surface area contributed by atoms with Crippen molar-refractivity contribution < 1.29 is 14.1 Å². The van der Waals surface area contributed by atoms with Gasteiger partial charge in [-0.2, -0.15) is 0 Å². The van der Waals surface area contributed by atoms with E-state index in [-0.39, 0.29) is 6.03 Å². The number of carbonyl (C=O) groups is 1. The first-order valence-electron chi connectivity index (χ1n) is 9.79. The van der Waals surface area contributed by atoms with Crippen molar-refractivity contribution >= 4 is 23.4 Å². The molecule has 30 heavy (non-hydrogen) atoms. The van der Waals surface area contributed by atoms with Gasteiger partial charge in [0.15, 0.2) is 5.82 Å². The number of nitrogens with one attached hydrogen (secondary N) is 1. The van der Waals surface area contributed by atoms with Crippen LogP contribution in [0.5, 0.6) is 11.5 Å². The van der Waals surface area contributed by atoms with Gasteiger partial charge in [0.1, 0.15) is 17.3 Å². The van der Waals surface area contributed by atoms with Crippen LogP contribution in [0, 0.1) is 6.92 Å². The molecule has 1 N–H and O–H groups in total. The number of ether oxygens (including phenoxy) is 1. The number of anilines is 1. The van der Waals surface area contributed by atoms with Crippen LogP contribution in [0.2, 0.25) is 5.02 Å². The molecule has 0 bridgehead atoms. The average Bonchev–Trinajstić information content (AvgIpc) is 3.15. The zero-order chi connectivity index (χ0) is 20.9. The smallest absolute Gasteiger partial charge is 0.323 e. The average molecular weight is 427 g/mol. The highest BCUT2D eigenvalue weighted by molar-refractivity contribution is 6.30. The van der Waals surface area contributed by atoms with Crippen LogP contribution < -0.4 is 10.1 Å². The summed E-state index contributed by atoms with van der Waals surface area (Å²) in [6.45, 7) is 5.50. The summed E-state index contributed by atoms with van der Waals surface area (Å²) in [7, 11) is 0. The molecule has 1 saturated heterocycles. The Balaban J connectivity index is 1.28. The van der Waals surface area contributed by atoms with Gasteiger partial charge in [-0.1, -0.05) is 28.9 Å². The molecule has 1 aromatic heterocycles. The molecule has 0 saturated carbocycles. The molecule has 0 unspecified atom stereocenters. The van der Waals surface area contributed by atoms with Crippen molar-refractivity contribution in [3.05, 3.63) is 70.9 Å². The minimum absolute atomic E-state index is 0.152. The van der Waals surface area contributed by atoms with E-state index in [0.29, 0.717) is 29.7 Å². The number of urea groups is 1. The number of aryl methyl sites for hydroxylation is 1. The fraction of sp³-hybridized carbons (Fsp3) is 0.273. The van der Waals surface area contributed by atoms with Gasteiger partial charge in [0.05, 0.1) is 0 Å². The molecule has 156 valence electrons. The van der Waals surface area contributed by atoms with Crippen LogP contribution in [-0.4, -0.2) is 47.2 Å². The quantitative estimate of drug-likeness (QED) is 0.635. The summed E-state index contributed by atoms with van der Waals surface area (Å²) in [4.78, 5) is 16.5. The summed E-state index contributed by atoms with van der Waals surface area (Å²) in [6, 6.07) is 16.9. The summed E-state index contributed by atoms with van der Waals surface area (Å²) in [5.41, 5.74) is 1.16. The SMILES string of the molecule is Cc1cc(NC(=O)N2CCN(Cc3cccc(Oc4ccc(Cl)cc4)c3)CC2)no1. The number of hydrogen-bond acceptors (Lipinski definition) is 5. The number of nitrogens with zero attached hydrogens (tertiary/aromatic N) is 3. The molecule has 3 aromatic rings. The lowest BCUT2D eigenvalue weighted by Gasteiger charge is -2.34. The van der Waals surface area contributed by atoms with Crippen LogP contribution >= 0.6 is 11.6 Å². The van der Waals surface area contributed by atoms with E-state index in [4.69, 9.17) is 20.9 Å². The predicted octanol–water partition coefficient (Wildman–Crippen LogP) is 4.78. The predicted molar refractivity (Wildman–Crippen MR) is 115 cm³/mol. The van der Waals surface area contributed by atoms with Crippen molar-refractivity contribution in [2.75, 3.05) is 31.5 Å². The molecule has 0 atom stereocenters. The Morgan fingerprint density at radius 3 is 2.57 bits per heavy atom. The molecular weight excluding hydrogens is 404 g/mol. The Kier molecular flexibility index (Phi) is 6.21. The molecule has 1 aliphatic rings. The number of rotatable bonds is 5. The molecule has 0 radical (unpaired) electrons. The molecule has 0 aliphatic carbocycles. The number of aromatic nitrogens is 1. The lowest BCUT2D eigenvalue weighted by molar-refractivity contribution is 0.143. The molecule has 2 amide bonds. The van der Waals surface area contributed by atoms with E-state index < -0.39 is 0 Å². The zero-order valence-electron chi connectivity index (χ0n) is 16.7. The standard InChI is InChI=1S/C22H23ClN4O3/c1-16-13-21(25-30-16)24-22(28)27-11-9-26(10-12-27)15-17-3-2-4-20(14-17)29-19-7-5-18(23)6-8-19/h2-8,13-14H,9-12,15H2,1H3,(H,24,25,28). The van der Waals surface area contributed by atoms with Gasteiger partial charge >= 0.3 is 6.03 Å². The maximum atomic E-state index is 12.4. The van der Waals surface area contributed by atoms with Gasteiger partial charge in [0.25, 0.3) is 0 Å². The first-order valence-corrected chi connectivity index (χ1v) is 10.2. The van der Waals surface area contributed by atoms with Crippen molar-refractivity contribution in [3.8, 4) is 11.5 Å². The van der Waals surface area contributed by atoms with Crippen LogP contribution in [0.1, 0.15) is 11.3 Å². The summed E-state index contributed by atoms with van der Waals surface area (Å²) in [6.07, 6.45) is 0.